The summed E-state index contributed by atoms with van der Waals surface area (Å²) in [7, 11) is 1.24. The van der Waals surface area contributed by atoms with Crippen molar-refractivity contribution in [2.75, 3.05) is 13.7 Å². The van der Waals surface area contributed by atoms with E-state index in [1.165, 1.54) is 7.11 Å². The number of hydrogen-bond acceptors (Lipinski definition) is 4. The minimum absolute atomic E-state index is 0.0238. The summed E-state index contributed by atoms with van der Waals surface area (Å²) in [6, 6.07) is -1.34. The van der Waals surface area contributed by atoms with Crippen molar-refractivity contribution < 1.29 is 24.2 Å². The molecule has 7 heteroatoms. The molecule has 0 bridgehead atoms. The first kappa shape index (κ1) is 16.3. The van der Waals surface area contributed by atoms with Gasteiger partial charge in [0.05, 0.1) is 7.11 Å². The number of carbonyl (C=O) groups excluding carboxylic acids is 2. The molecule has 20 heavy (non-hydrogen) atoms. The van der Waals surface area contributed by atoms with Gasteiger partial charge in [0.25, 0.3) is 0 Å². The van der Waals surface area contributed by atoms with E-state index in [0.29, 0.717) is 6.54 Å². The van der Waals surface area contributed by atoms with Gasteiger partial charge in [-0.3, -0.25) is 4.79 Å². The average molecular weight is 286 g/mol. The van der Waals surface area contributed by atoms with Crippen molar-refractivity contribution in [3.05, 3.63) is 0 Å². The number of esters is 1. The quantitative estimate of drug-likeness (QED) is 0.734. The van der Waals surface area contributed by atoms with Crippen LogP contribution in [0.3, 0.4) is 0 Å². The van der Waals surface area contributed by atoms with Crippen LogP contribution in [-0.4, -0.2) is 53.7 Å². The largest absolute Gasteiger partial charge is 0.480 e. The first-order valence-electron chi connectivity index (χ1n) is 6.82. The van der Waals surface area contributed by atoms with Gasteiger partial charge in [-0.05, 0) is 32.6 Å². The van der Waals surface area contributed by atoms with Crippen LogP contribution in [0.1, 0.15) is 39.0 Å². The summed E-state index contributed by atoms with van der Waals surface area (Å²) in [5.41, 5.74) is 0. The predicted molar refractivity (Wildman–Crippen MR) is 71.2 cm³/mol. The van der Waals surface area contributed by atoms with Crippen LogP contribution < -0.4 is 5.32 Å². The van der Waals surface area contributed by atoms with Gasteiger partial charge >= 0.3 is 18.0 Å². The minimum Gasteiger partial charge on any atom is -0.480 e. The first-order valence-corrected chi connectivity index (χ1v) is 6.82. The molecule has 114 valence electrons. The van der Waals surface area contributed by atoms with Gasteiger partial charge in [-0.2, -0.15) is 0 Å². The molecule has 0 aliphatic carbocycles. The number of nitrogens with zero attached hydrogens (tertiary/aromatic N) is 1. The average Bonchev–Trinajstić information content (AvgIpc) is 2.42. The van der Waals surface area contributed by atoms with Gasteiger partial charge in [-0.15, -0.1) is 0 Å². The molecule has 0 radical (unpaired) electrons. The molecule has 1 aliphatic rings. The van der Waals surface area contributed by atoms with Crippen molar-refractivity contribution in [3.8, 4) is 0 Å². The number of carboxylic acid groups (broad SMARTS) is 1. The Hall–Kier alpha value is -1.79. The number of nitrogens with one attached hydrogen (secondary N) is 1. The number of piperidine rings is 1. The molecular formula is C13H22N2O5. The van der Waals surface area contributed by atoms with Gasteiger partial charge < -0.3 is 20.1 Å². The van der Waals surface area contributed by atoms with Gasteiger partial charge in [0.2, 0.25) is 0 Å². The standard InChI is InChI=1S/C13H22N2O5/c1-9-5-3-4-8-15(9)13(19)14-10(12(17)18)6-7-11(16)20-2/h9-10H,3-8H2,1-2H3,(H,14,19)(H,17,18)/t9?,10-/m0/s1. The molecule has 7 nitrogen and oxygen atoms in total. The minimum atomic E-state index is -1.15. The molecule has 1 unspecified atom stereocenters. The van der Waals surface area contributed by atoms with Crippen molar-refractivity contribution in [3.63, 3.8) is 0 Å². The zero-order valence-corrected chi connectivity index (χ0v) is 11.9. The fourth-order valence-electron chi connectivity index (χ4n) is 2.25. The van der Waals surface area contributed by atoms with E-state index in [1.807, 2.05) is 6.92 Å². The van der Waals surface area contributed by atoms with Gasteiger partial charge in [0.15, 0.2) is 0 Å². The highest BCUT2D eigenvalue weighted by atomic mass is 16.5. The Bertz CT molecular complexity index is 372. The van der Waals surface area contributed by atoms with Crippen LogP contribution in [0.15, 0.2) is 0 Å². The summed E-state index contributed by atoms with van der Waals surface area (Å²) in [5.74, 6) is -1.64. The van der Waals surface area contributed by atoms with E-state index in [4.69, 9.17) is 5.11 Å². The lowest BCUT2D eigenvalue weighted by Crippen LogP contribution is -2.52. The van der Waals surface area contributed by atoms with Crippen LogP contribution in [0.25, 0.3) is 0 Å². The maximum atomic E-state index is 12.1. The maximum absolute atomic E-state index is 12.1. The Morgan fingerprint density at radius 3 is 2.65 bits per heavy atom. The van der Waals surface area contributed by atoms with Crippen molar-refractivity contribution in [1.82, 2.24) is 10.2 Å². The van der Waals surface area contributed by atoms with Crippen LogP contribution in [0.2, 0.25) is 0 Å². The number of amides is 2. The Labute approximate surface area is 118 Å². The summed E-state index contributed by atoms with van der Waals surface area (Å²) in [4.78, 5) is 35.9. The van der Waals surface area contributed by atoms with Crippen molar-refractivity contribution >= 4 is 18.0 Å². The molecule has 0 spiro atoms. The maximum Gasteiger partial charge on any atom is 0.326 e. The number of aliphatic carboxylic acids is 1. The molecule has 0 saturated carbocycles. The van der Waals surface area contributed by atoms with E-state index in [1.54, 1.807) is 4.90 Å². The fraction of sp³-hybridized carbons (Fsp3) is 0.769. The highest BCUT2D eigenvalue weighted by molar-refractivity contribution is 5.83. The summed E-state index contributed by atoms with van der Waals surface area (Å²) in [6.07, 6.45) is 2.92. The van der Waals surface area contributed by atoms with Crippen LogP contribution >= 0.6 is 0 Å². The van der Waals surface area contributed by atoms with E-state index in [0.717, 1.165) is 19.3 Å². The lowest BCUT2D eigenvalue weighted by molar-refractivity contribution is -0.142. The highest BCUT2D eigenvalue weighted by Gasteiger charge is 2.27. The molecule has 2 atom stereocenters. The normalized spacial score (nSPS) is 20.1. The van der Waals surface area contributed by atoms with Crippen molar-refractivity contribution in [2.45, 2.75) is 51.1 Å². The Morgan fingerprint density at radius 2 is 2.10 bits per heavy atom. The topological polar surface area (TPSA) is 95.9 Å². The molecule has 1 heterocycles. The number of carboxylic acids is 1. The van der Waals surface area contributed by atoms with Gasteiger partial charge in [0, 0.05) is 19.0 Å². The summed E-state index contributed by atoms with van der Waals surface area (Å²) in [6.45, 7) is 2.58. The van der Waals surface area contributed by atoms with Crippen LogP contribution in [-0.2, 0) is 14.3 Å². The van der Waals surface area contributed by atoms with Crippen LogP contribution in [0, 0.1) is 0 Å². The smallest absolute Gasteiger partial charge is 0.326 e. The molecule has 0 aromatic rings. The number of likely N-dealkylation sites (tertiary alicyclic amines) is 1. The molecule has 0 aromatic heterocycles. The second kappa shape index (κ2) is 7.72. The van der Waals surface area contributed by atoms with Crippen molar-refractivity contribution in [1.29, 1.82) is 0 Å². The molecule has 1 saturated heterocycles. The Kier molecular flexibility index (Phi) is 6.27. The number of rotatable bonds is 5. The SMILES string of the molecule is COC(=O)CC[C@H](NC(=O)N1CCCCC1C)C(=O)O. The van der Waals surface area contributed by atoms with E-state index < -0.39 is 18.0 Å². The molecule has 1 aliphatic heterocycles. The molecule has 0 aromatic carbocycles. The summed E-state index contributed by atoms with van der Waals surface area (Å²) < 4.78 is 4.46. The van der Waals surface area contributed by atoms with Crippen LogP contribution in [0.5, 0.6) is 0 Å². The lowest BCUT2D eigenvalue weighted by Gasteiger charge is -2.34. The molecule has 2 amide bonds. The van der Waals surface area contributed by atoms with Crippen molar-refractivity contribution in [2.24, 2.45) is 0 Å². The third-order valence-electron chi connectivity index (χ3n) is 3.52. The summed E-state index contributed by atoms with van der Waals surface area (Å²) in [5, 5.41) is 11.6. The Balaban J connectivity index is 2.53. The zero-order valence-electron chi connectivity index (χ0n) is 11.9. The molecular weight excluding hydrogens is 264 g/mol. The number of carbonyl (C=O) groups is 3. The monoisotopic (exact) mass is 286 g/mol. The molecule has 1 rings (SSSR count). The van der Waals surface area contributed by atoms with Gasteiger partial charge in [-0.25, -0.2) is 9.59 Å². The zero-order chi connectivity index (χ0) is 15.1. The number of hydrogen-bond donors (Lipinski definition) is 2. The third kappa shape index (κ3) is 4.71. The number of urea groups is 1. The van der Waals surface area contributed by atoms with Crippen LogP contribution in [0.4, 0.5) is 4.79 Å². The highest BCUT2D eigenvalue weighted by Crippen LogP contribution is 2.16. The molecule has 1 fully saturated rings. The van der Waals surface area contributed by atoms with E-state index in [2.05, 4.69) is 10.1 Å². The number of ether oxygens (including phenoxy) is 1. The number of methoxy groups -OCH3 is 1. The first-order chi connectivity index (χ1) is 9.45. The van der Waals surface area contributed by atoms with E-state index in [9.17, 15) is 14.4 Å². The summed E-state index contributed by atoms with van der Waals surface area (Å²) >= 11 is 0. The lowest BCUT2D eigenvalue weighted by atomic mass is 10.0. The van der Waals surface area contributed by atoms with Gasteiger partial charge in [-0.1, -0.05) is 0 Å². The predicted octanol–water partition coefficient (Wildman–Crippen LogP) is 0.977. The van der Waals surface area contributed by atoms with E-state index in [-0.39, 0.29) is 24.9 Å². The third-order valence-corrected chi connectivity index (χ3v) is 3.52. The Morgan fingerprint density at radius 1 is 1.40 bits per heavy atom. The molecule has 2 N–H and O–H groups in total. The fourth-order valence-corrected chi connectivity index (χ4v) is 2.25. The van der Waals surface area contributed by atoms with E-state index >= 15 is 0 Å². The second-order valence-corrected chi connectivity index (χ2v) is 4.99. The second-order valence-electron chi connectivity index (χ2n) is 4.99. The van der Waals surface area contributed by atoms with Gasteiger partial charge in [0.1, 0.15) is 6.04 Å².